The molecule has 9 heteroatoms. The number of rotatable bonds is 11. The van der Waals surface area contributed by atoms with Crippen molar-refractivity contribution in [2.45, 2.75) is 32.2 Å². The second kappa shape index (κ2) is 10.7. The van der Waals surface area contributed by atoms with E-state index < -0.39 is 6.36 Å². The molecule has 0 fully saturated rings. The minimum absolute atomic E-state index is 0.257. The van der Waals surface area contributed by atoms with Gasteiger partial charge in [-0.2, -0.15) is 0 Å². The Balaban J connectivity index is 1.46. The lowest BCUT2D eigenvalue weighted by molar-refractivity contribution is -0.274. The number of ether oxygens (including phenoxy) is 3. The monoisotopic (exact) mass is 447 g/mol. The Morgan fingerprint density at radius 3 is 2.50 bits per heavy atom. The van der Waals surface area contributed by atoms with Crippen molar-refractivity contribution in [3.63, 3.8) is 0 Å². The van der Waals surface area contributed by atoms with Gasteiger partial charge in [0.05, 0.1) is 26.0 Å². The van der Waals surface area contributed by atoms with E-state index >= 15 is 0 Å². The largest absolute Gasteiger partial charge is 0.573 e. The van der Waals surface area contributed by atoms with Crippen LogP contribution in [0.4, 0.5) is 13.2 Å². The average Bonchev–Trinajstić information content (AvgIpc) is 3.19. The first-order valence-corrected chi connectivity index (χ1v) is 10.0. The van der Waals surface area contributed by atoms with Crippen LogP contribution in [-0.2, 0) is 19.4 Å². The molecule has 3 aromatic rings. The number of hydrogen-bond donors (Lipinski definition) is 0. The summed E-state index contributed by atoms with van der Waals surface area (Å²) in [7, 11) is 1.61. The molecule has 2 aromatic carbocycles. The Kier molecular flexibility index (Phi) is 7.75. The average molecular weight is 447 g/mol. The number of nitrogens with zero attached hydrogens (tertiary/aromatic N) is 3. The van der Waals surface area contributed by atoms with Crippen LogP contribution in [0.15, 0.2) is 61.3 Å². The first kappa shape index (κ1) is 23.2. The molecule has 0 saturated carbocycles. The smallest absolute Gasteiger partial charge is 0.493 e. The van der Waals surface area contributed by atoms with Gasteiger partial charge >= 0.3 is 6.36 Å². The fraction of sp³-hybridized carbons (Fsp3) is 0.304. The molecule has 1 aromatic heterocycles. The lowest BCUT2D eigenvalue weighted by Gasteiger charge is -2.11. The molecule has 0 amide bonds. The summed E-state index contributed by atoms with van der Waals surface area (Å²) in [6.45, 7) is 4.62. The maximum Gasteiger partial charge on any atom is 0.573 e. The molecule has 0 bridgehead atoms. The summed E-state index contributed by atoms with van der Waals surface area (Å²) in [5.74, 6) is 1.11. The second-order valence-electron chi connectivity index (χ2n) is 7.03. The first-order chi connectivity index (χ1) is 15.4. The zero-order valence-corrected chi connectivity index (χ0v) is 17.6. The molecule has 170 valence electrons. The SMILES string of the molecule is C=CCc1ccc(OCCCc2cn(Cc3ccc(OC(F)(F)F)cc3)nn2)c(OC)c1. The highest BCUT2D eigenvalue weighted by molar-refractivity contribution is 5.43. The van der Waals surface area contributed by atoms with Crippen LogP contribution in [0.2, 0.25) is 0 Å². The number of halogens is 3. The van der Waals surface area contributed by atoms with Gasteiger partial charge in [-0.1, -0.05) is 29.5 Å². The highest BCUT2D eigenvalue weighted by Crippen LogP contribution is 2.28. The minimum Gasteiger partial charge on any atom is -0.493 e. The molecule has 0 unspecified atom stereocenters. The van der Waals surface area contributed by atoms with Gasteiger partial charge < -0.3 is 14.2 Å². The summed E-state index contributed by atoms with van der Waals surface area (Å²) in [6, 6.07) is 11.5. The number of alkyl halides is 3. The van der Waals surface area contributed by atoms with Crippen molar-refractivity contribution in [3.8, 4) is 17.2 Å². The molecule has 3 rings (SSSR count). The summed E-state index contributed by atoms with van der Waals surface area (Å²) in [5, 5.41) is 8.21. The number of allylic oxidation sites excluding steroid dienone is 1. The highest BCUT2D eigenvalue weighted by Gasteiger charge is 2.30. The van der Waals surface area contributed by atoms with E-state index in [0.717, 1.165) is 29.7 Å². The molecule has 1 heterocycles. The number of aryl methyl sites for hydroxylation is 1. The quantitative estimate of drug-likeness (QED) is 0.307. The zero-order chi connectivity index (χ0) is 23.0. The first-order valence-electron chi connectivity index (χ1n) is 10.0. The van der Waals surface area contributed by atoms with Crippen LogP contribution in [0.3, 0.4) is 0 Å². The molecular formula is C23H24F3N3O3. The molecule has 0 aliphatic carbocycles. The topological polar surface area (TPSA) is 58.4 Å². The van der Waals surface area contributed by atoms with Gasteiger partial charge in [0.1, 0.15) is 5.75 Å². The Morgan fingerprint density at radius 1 is 1.06 bits per heavy atom. The van der Waals surface area contributed by atoms with E-state index in [9.17, 15) is 13.2 Å². The van der Waals surface area contributed by atoms with Crippen molar-refractivity contribution in [2.24, 2.45) is 0 Å². The van der Waals surface area contributed by atoms with Crippen LogP contribution in [0.25, 0.3) is 0 Å². The fourth-order valence-corrected chi connectivity index (χ4v) is 3.07. The third-order valence-electron chi connectivity index (χ3n) is 4.53. The standard InChI is InChI=1S/C23H24F3N3O3/c1-3-5-17-9-12-21(22(14-17)30-2)31-13-4-6-19-16-29(28-27-19)15-18-7-10-20(11-8-18)32-23(24,25)26/h3,7-12,14,16H,1,4-6,13,15H2,2H3. The number of benzene rings is 2. The van der Waals surface area contributed by atoms with Crippen molar-refractivity contribution in [1.29, 1.82) is 0 Å². The minimum atomic E-state index is -4.70. The predicted octanol–water partition coefficient (Wildman–Crippen LogP) is 4.97. The van der Waals surface area contributed by atoms with Crippen molar-refractivity contribution in [2.75, 3.05) is 13.7 Å². The van der Waals surface area contributed by atoms with E-state index in [2.05, 4.69) is 21.6 Å². The maximum atomic E-state index is 12.2. The summed E-state index contributed by atoms with van der Waals surface area (Å²) >= 11 is 0. The summed E-state index contributed by atoms with van der Waals surface area (Å²) in [5.41, 5.74) is 2.69. The highest BCUT2D eigenvalue weighted by atomic mass is 19.4. The summed E-state index contributed by atoms with van der Waals surface area (Å²) in [6.07, 6.45) is 1.11. The van der Waals surface area contributed by atoms with Gasteiger partial charge in [-0.05, 0) is 54.7 Å². The van der Waals surface area contributed by atoms with Crippen LogP contribution in [0, 0.1) is 0 Å². The summed E-state index contributed by atoms with van der Waals surface area (Å²) in [4.78, 5) is 0. The molecule has 0 N–H and O–H groups in total. The van der Waals surface area contributed by atoms with Crippen molar-refractivity contribution < 1.29 is 27.4 Å². The number of aromatic nitrogens is 3. The van der Waals surface area contributed by atoms with E-state index in [1.807, 2.05) is 30.5 Å². The molecule has 0 aliphatic rings. The Bertz CT molecular complexity index is 1020. The molecule has 0 aliphatic heterocycles. The van der Waals surface area contributed by atoms with E-state index in [4.69, 9.17) is 9.47 Å². The Hall–Kier alpha value is -3.49. The molecular weight excluding hydrogens is 423 g/mol. The Labute approximate surface area is 184 Å². The lowest BCUT2D eigenvalue weighted by Crippen LogP contribution is -2.17. The van der Waals surface area contributed by atoms with Gasteiger partial charge in [0.25, 0.3) is 0 Å². The Morgan fingerprint density at radius 2 is 1.81 bits per heavy atom. The van der Waals surface area contributed by atoms with Crippen LogP contribution < -0.4 is 14.2 Å². The van der Waals surface area contributed by atoms with E-state index in [1.165, 1.54) is 12.1 Å². The third-order valence-corrected chi connectivity index (χ3v) is 4.53. The molecule has 0 saturated heterocycles. The van der Waals surface area contributed by atoms with Gasteiger partial charge in [-0.25, -0.2) is 4.68 Å². The van der Waals surface area contributed by atoms with Crippen molar-refractivity contribution in [1.82, 2.24) is 15.0 Å². The second-order valence-corrected chi connectivity index (χ2v) is 7.03. The van der Waals surface area contributed by atoms with Crippen LogP contribution in [-0.4, -0.2) is 35.1 Å². The third kappa shape index (κ3) is 7.04. The van der Waals surface area contributed by atoms with Gasteiger partial charge in [0, 0.05) is 6.20 Å². The molecule has 32 heavy (non-hydrogen) atoms. The van der Waals surface area contributed by atoms with Crippen LogP contribution >= 0.6 is 0 Å². The van der Waals surface area contributed by atoms with Gasteiger partial charge in [-0.3, -0.25) is 0 Å². The van der Waals surface area contributed by atoms with Crippen LogP contribution in [0.1, 0.15) is 23.2 Å². The van der Waals surface area contributed by atoms with E-state index in [1.54, 1.807) is 23.9 Å². The predicted molar refractivity (Wildman–Crippen MR) is 113 cm³/mol. The normalized spacial score (nSPS) is 11.2. The van der Waals surface area contributed by atoms with Gasteiger partial charge in [-0.15, -0.1) is 24.8 Å². The maximum absolute atomic E-state index is 12.2. The van der Waals surface area contributed by atoms with Crippen LogP contribution in [0.5, 0.6) is 17.2 Å². The van der Waals surface area contributed by atoms with Crippen molar-refractivity contribution >= 4 is 0 Å². The van der Waals surface area contributed by atoms with Gasteiger partial charge in [0.2, 0.25) is 0 Å². The number of hydrogen-bond acceptors (Lipinski definition) is 5. The molecule has 0 atom stereocenters. The number of methoxy groups -OCH3 is 1. The van der Waals surface area contributed by atoms with Gasteiger partial charge in [0.15, 0.2) is 11.5 Å². The van der Waals surface area contributed by atoms with E-state index in [-0.39, 0.29) is 5.75 Å². The van der Waals surface area contributed by atoms with E-state index in [0.29, 0.717) is 31.1 Å². The summed E-state index contributed by atoms with van der Waals surface area (Å²) < 4.78 is 53.4. The molecule has 6 nitrogen and oxygen atoms in total. The molecule has 0 radical (unpaired) electrons. The molecule has 0 spiro atoms. The van der Waals surface area contributed by atoms with Crippen molar-refractivity contribution in [3.05, 3.63) is 78.1 Å². The fourth-order valence-electron chi connectivity index (χ4n) is 3.07. The lowest BCUT2D eigenvalue weighted by atomic mass is 10.1. The zero-order valence-electron chi connectivity index (χ0n) is 17.6.